The van der Waals surface area contributed by atoms with Crippen molar-refractivity contribution in [3.05, 3.63) is 23.5 Å². The van der Waals surface area contributed by atoms with Crippen molar-refractivity contribution in [3.63, 3.8) is 0 Å². The molecule has 5 nitrogen and oxygen atoms in total. The summed E-state index contributed by atoms with van der Waals surface area (Å²) in [6.07, 6.45) is 9.48. The molecule has 2 fully saturated rings. The zero-order chi connectivity index (χ0) is 18.4. The normalized spacial score (nSPS) is 21.9. The standard InChI is InChI=1S/C20H31ClN4O/c1-16(20(26)23-18-7-6-10-22-19(18)21)25-13-8-17(9-14-25)15-24-11-4-2-3-5-12-24/h6-7,10,16-17H,2-5,8-9,11-15H2,1H3,(H,23,26). The maximum atomic E-state index is 12.6. The predicted octanol–water partition coefficient (Wildman–Crippen LogP) is 3.65. The van der Waals surface area contributed by atoms with E-state index in [0.29, 0.717) is 10.8 Å². The molecule has 26 heavy (non-hydrogen) atoms. The van der Waals surface area contributed by atoms with Gasteiger partial charge in [-0.05, 0) is 76.8 Å². The first-order valence-corrected chi connectivity index (χ1v) is 10.4. The largest absolute Gasteiger partial charge is 0.322 e. The molecular formula is C20H31ClN4O. The van der Waals surface area contributed by atoms with E-state index in [-0.39, 0.29) is 11.9 Å². The maximum absolute atomic E-state index is 12.6. The maximum Gasteiger partial charge on any atom is 0.241 e. The van der Waals surface area contributed by atoms with Gasteiger partial charge in [0.05, 0.1) is 11.7 Å². The fourth-order valence-electron chi connectivity index (χ4n) is 4.09. The number of carbonyl (C=O) groups is 1. The zero-order valence-corrected chi connectivity index (χ0v) is 16.5. The second kappa shape index (κ2) is 9.67. The van der Waals surface area contributed by atoms with Crippen molar-refractivity contribution in [2.45, 2.75) is 51.5 Å². The van der Waals surface area contributed by atoms with Crippen molar-refractivity contribution >= 4 is 23.2 Å². The van der Waals surface area contributed by atoms with Gasteiger partial charge in [0.25, 0.3) is 0 Å². The van der Waals surface area contributed by atoms with Gasteiger partial charge in [-0.2, -0.15) is 0 Å². The van der Waals surface area contributed by atoms with E-state index in [0.717, 1.165) is 19.0 Å². The summed E-state index contributed by atoms with van der Waals surface area (Å²) in [4.78, 5) is 21.5. The number of hydrogen-bond acceptors (Lipinski definition) is 4. The molecule has 1 atom stereocenters. The van der Waals surface area contributed by atoms with Crippen LogP contribution in [0.5, 0.6) is 0 Å². The highest BCUT2D eigenvalue weighted by atomic mass is 35.5. The van der Waals surface area contributed by atoms with Crippen molar-refractivity contribution in [2.24, 2.45) is 5.92 Å². The number of likely N-dealkylation sites (tertiary alicyclic amines) is 2. The van der Waals surface area contributed by atoms with Crippen molar-refractivity contribution in [2.75, 3.05) is 38.0 Å². The van der Waals surface area contributed by atoms with E-state index in [1.165, 1.54) is 58.2 Å². The summed E-state index contributed by atoms with van der Waals surface area (Å²) < 4.78 is 0. The number of aromatic nitrogens is 1. The first-order chi connectivity index (χ1) is 12.6. The lowest BCUT2D eigenvalue weighted by Gasteiger charge is -2.37. The number of rotatable bonds is 5. The molecule has 2 saturated heterocycles. The molecule has 0 aliphatic carbocycles. The Hall–Kier alpha value is -1.17. The lowest BCUT2D eigenvalue weighted by molar-refractivity contribution is -0.121. The summed E-state index contributed by atoms with van der Waals surface area (Å²) >= 11 is 6.04. The van der Waals surface area contributed by atoms with Crippen LogP contribution in [0.15, 0.2) is 18.3 Å². The topological polar surface area (TPSA) is 48.5 Å². The summed E-state index contributed by atoms with van der Waals surface area (Å²) in [5.41, 5.74) is 0.585. The van der Waals surface area contributed by atoms with E-state index < -0.39 is 0 Å². The van der Waals surface area contributed by atoms with E-state index in [4.69, 9.17) is 11.6 Å². The van der Waals surface area contributed by atoms with Gasteiger partial charge in [-0.3, -0.25) is 9.69 Å². The number of hydrogen-bond donors (Lipinski definition) is 1. The minimum Gasteiger partial charge on any atom is -0.322 e. The third-order valence-electron chi connectivity index (χ3n) is 5.81. The molecule has 144 valence electrons. The molecule has 3 heterocycles. The quantitative estimate of drug-likeness (QED) is 0.794. The van der Waals surface area contributed by atoms with E-state index in [2.05, 4.69) is 20.1 Å². The van der Waals surface area contributed by atoms with Gasteiger partial charge in [0, 0.05) is 12.7 Å². The fourth-order valence-corrected chi connectivity index (χ4v) is 4.26. The van der Waals surface area contributed by atoms with Crippen LogP contribution in [0.2, 0.25) is 5.15 Å². The lowest BCUT2D eigenvalue weighted by atomic mass is 9.95. The van der Waals surface area contributed by atoms with Gasteiger partial charge < -0.3 is 10.2 Å². The molecule has 1 aromatic rings. The zero-order valence-electron chi connectivity index (χ0n) is 15.8. The predicted molar refractivity (Wildman–Crippen MR) is 107 cm³/mol. The van der Waals surface area contributed by atoms with Crippen molar-refractivity contribution < 1.29 is 4.79 Å². The number of anilines is 1. The fraction of sp³-hybridized carbons (Fsp3) is 0.700. The third kappa shape index (κ3) is 5.41. The summed E-state index contributed by atoms with van der Waals surface area (Å²) in [5.74, 6) is 0.762. The number of pyridine rings is 1. The molecule has 6 heteroatoms. The minimum atomic E-state index is -0.148. The molecular weight excluding hydrogens is 348 g/mol. The first-order valence-electron chi connectivity index (χ1n) is 10.0. The van der Waals surface area contributed by atoms with E-state index in [1.807, 2.05) is 6.92 Å². The van der Waals surface area contributed by atoms with Crippen LogP contribution in [0.25, 0.3) is 0 Å². The number of halogens is 1. The average molecular weight is 379 g/mol. The van der Waals surface area contributed by atoms with Crippen LogP contribution in [0.4, 0.5) is 5.69 Å². The number of carbonyl (C=O) groups excluding carboxylic acids is 1. The highest BCUT2D eigenvalue weighted by Crippen LogP contribution is 2.23. The Bertz CT molecular complexity index is 581. The molecule has 1 N–H and O–H groups in total. The third-order valence-corrected chi connectivity index (χ3v) is 6.11. The molecule has 1 amide bonds. The van der Waals surface area contributed by atoms with Gasteiger partial charge in [-0.15, -0.1) is 0 Å². The van der Waals surface area contributed by atoms with Gasteiger partial charge in [0.15, 0.2) is 5.15 Å². The highest BCUT2D eigenvalue weighted by molar-refractivity contribution is 6.32. The Morgan fingerprint density at radius 1 is 1.23 bits per heavy atom. The van der Waals surface area contributed by atoms with Crippen LogP contribution < -0.4 is 5.32 Å². The van der Waals surface area contributed by atoms with Gasteiger partial charge in [0.1, 0.15) is 0 Å². The number of amides is 1. The molecule has 2 aliphatic heterocycles. The average Bonchev–Trinajstić information content (AvgIpc) is 2.92. The van der Waals surface area contributed by atoms with Crippen LogP contribution in [0.1, 0.15) is 45.4 Å². The van der Waals surface area contributed by atoms with Crippen molar-refractivity contribution in [1.82, 2.24) is 14.8 Å². The van der Waals surface area contributed by atoms with Crippen molar-refractivity contribution in [3.8, 4) is 0 Å². The minimum absolute atomic E-state index is 0.00846. The molecule has 1 aromatic heterocycles. The molecule has 2 aliphatic rings. The monoisotopic (exact) mass is 378 g/mol. The van der Waals surface area contributed by atoms with Crippen LogP contribution in [0, 0.1) is 5.92 Å². The molecule has 0 bridgehead atoms. The number of piperidine rings is 1. The van der Waals surface area contributed by atoms with Crippen LogP contribution in [-0.4, -0.2) is 59.5 Å². The van der Waals surface area contributed by atoms with E-state index in [9.17, 15) is 4.79 Å². The van der Waals surface area contributed by atoms with Gasteiger partial charge in [-0.1, -0.05) is 24.4 Å². The molecule has 0 spiro atoms. The number of nitrogens with zero attached hydrogens (tertiary/aromatic N) is 3. The molecule has 0 saturated carbocycles. The van der Waals surface area contributed by atoms with Gasteiger partial charge >= 0.3 is 0 Å². The SMILES string of the molecule is CC(C(=O)Nc1cccnc1Cl)N1CCC(CN2CCCCCC2)CC1. The Kier molecular flexibility index (Phi) is 7.29. The van der Waals surface area contributed by atoms with Gasteiger partial charge in [0.2, 0.25) is 5.91 Å². The van der Waals surface area contributed by atoms with Crippen molar-refractivity contribution in [1.29, 1.82) is 0 Å². The Morgan fingerprint density at radius 2 is 1.92 bits per heavy atom. The summed E-state index contributed by atoms with van der Waals surface area (Å²) in [7, 11) is 0. The molecule has 1 unspecified atom stereocenters. The Morgan fingerprint density at radius 3 is 2.58 bits per heavy atom. The second-order valence-electron chi connectivity index (χ2n) is 7.70. The Balaban J connectivity index is 1.44. The van der Waals surface area contributed by atoms with Crippen LogP contribution in [-0.2, 0) is 4.79 Å². The van der Waals surface area contributed by atoms with Crippen LogP contribution >= 0.6 is 11.6 Å². The first kappa shape index (κ1) is 19.6. The second-order valence-corrected chi connectivity index (χ2v) is 8.06. The smallest absolute Gasteiger partial charge is 0.241 e. The van der Waals surface area contributed by atoms with E-state index in [1.54, 1.807) is 18.3 Å². The van der Waals surface area contributed by atoms with Crippen LogP contribution in [0.3, 0.4) is 0 Å². The summed E-state index contributed by atoms with van der Waals surface area (Å²) in [6.45, 7) is 7.74. The van der Waals surface area contributed by atoms with E-state index >= 15 is 0 Å². The summed E-state index contributed by atoms with van der Waals surface area (Å²) in [5, 5.41) is 3.25. The number of nitrogens with one attached hydrogen (secondary N) is 1. The Labute approximate surface area is 162 Å². The molecule has 0 radical (unpaired) electrons. The molecule has 3 rings (SSSR count). The molecule has 0 aromatic carbocycles. The van der Waals surface area contributed by atoms with Gasteiger partial charge in [-0.25, -0.2) is 4.98 Å². The lowest BCUT2D eigenvalue weighted by Crippen LogP contribution is -2.47. The highest BCUT2D eigenvalue weighted by Gasteiger charge is 2.28. The summed E-state index contributed by atoms with van der Waals surface area (Å²) in [6, 6.07) is 3.42.